The summed E-state index contributed by atoms with van der Waals surface area (Å²) in [6, 6.07) is 12.3. The first kappa shape index (κ1) is 12.4. The van der Waals surface area contributed by atoms with Gasteiger partial charge in [0.2, 0.25) is 0 Å². The monoisotopic (exact) mass is 243 g/mol. The summed E-state index contributed by atoms with van der Waals surface area (Å²) in [5.74, 6) is 0. The Bertz CT molecular complexity index is 387. The molecule has 1 fully saturated rings. The highest BCUT2D eigenvalue weighted by Gasteiger charge is 2.08. The number of aromatic nitrogens is 3. The van der Waals surface area contributed by atoms with Gasteiger partial charge in [-0.3, -0.25) is 0 Å². The van der Waals surface area contributed by atoms with Crippen LogP contribution in [0.5, 0.6) is 0 Å². The Morgan fingerprint density at radius 3 is 2.06 bits per heavy atom. The van der Waals surface area contributed by atoms with Crippen LogP contribution in [-0.2, 0) is 0 Å². The van der Waals surface area contributed by atoms with Gasteiger partial charge in [-0.2, -0.15) is 0 Å². The summed E-state index contributed by atoms with van der Waals surface area (Å²) in [5, 5.41) is 13.5. The van der Waals surface area contributed by atoms with Crippen molar-refractivity contribution >= 4 is 5.69 Å². The van der Waals surface area contributed by atoms with Gasteiger partial charge in [0.05, 0.1) is 12.4 Å². The third-order valence-electron chi connectivity index (χ3n) is 2.65. The van der Waals surface area contributed by atoms with E-state index in [2.05, 4.69) is 56.0 Å². The van der Waals surface area contributed by atoms with E-state index in [9.17, 15) is 0 Å². The second-order valence-corrected chi connectivity index (χ2v) is 3.88. The molecular formula is C13H17N5. The molecule has 0 spiro atoms. The average Bonchev–Trinajstić information content (AvgIpc) is 2.51. The maximum absolute atomic E-state index is 3.42. The molecule has 2 heterocycles. The zero-order valence-corrected chi connectivity index (χ0v) is 10.2. The molecule has 94 valence electrons. The highest BCUT2D eigenvalue weighted by molar-refractivity contribution is 5.46. The predicted octanol–water partition coefficient (Wildman–Crippen LogP) is 0.968. The lowest BCUT2D eigenvalue weighted by molar-refractivity contribution is 0.589. The average molecular weight is 243 g/mol. The Morgan fingerprint density at radius 1 is 0.889 bits per heavy atom. The quantitative estimate of drug-likeness (QED) is 0.808. The van der Waals surface area contributed by atoms with Gasteiger partial charge in [-0.1, -0.05) is 18.2 Å². The summed E-state index contributed by atoms with van der Waals surface area (Å²) < 4.78 is 0. The minimum atomic E-state index is 1.11. The van der Waals surface area contributed by atoms with Gasteiger partial charge in [0.15, 0.2) is 0 Å². The summed E-state index contributed by atoms with van der Waals surface area (Å²) in [4.78, 5) is 2.41. The van der Waals surface area contributed by atoms with E-state index < -0.39 is 0 Å². The second kappa shape index (κ2) is 7.34. The molecule has 0 radical (unpaired) electrons. The number of anilines is 1. The molecule has 1 aromatic carbocycles. The molecule has 18 heavy (non-hydrogen) atoms. The van der Waals surface area contributed by atoms with Gasteiger partial charge in [0.1, 0.15) is 0 Å². The van der Waals surface area contributed by atoms with Gasteiger partial charge in [0.25, 0.3) is 0 Å². The van der Waals surface area contributed by atoms with E-state index in [0.29, 0.717) is 0 Å². The fourth-order valence-corrected chi connectivity index (χ4v) is 1.77. The van der Waals surface area contributed by atoms with Gasteiger partial charge in [-0.25, -0.2) is 0 Å². The van der Waals surface area contributed by atoms with Gasteiger partial charge >= 0.3 is 0 Å². The molecule has 1 aliphatic rings. The van der Waals surface area contributed by atoms with Crippen LogP contribution in [-0.4, -0.2) is 41.6 Å². The van der Waals surface area contributed by atoms with Crippen molar-refractivity contribution in [1.82, 2.24) is 20.7 Å². The zero-order chi connectivity index (χ0) is 12.5. The SMILES string of the molecule is c1ccc(N2CCNCC2)cc1.c1cnnnc1. The number of hydrogen-bond acceptors (Lipinski definition) is 5. The van der Waals surface area contributed by atoms with E-state index in [0.717, 1.165) is 26.2 Å². The first-order valence-electron chi connectivity index (χ1n) is 6.06. The number of nitrogens with one attached hydrogen (secondary N) is 1. The normalized spacial score (nSPS) is 14.6. The molecule has 0 bridgehead atoms. The molecule has 5 nitrogen and oxygen atoms in total. The van der Waals surface area contributed by atoms with Crippen molar-refractivity contribution < 1.29 is 0 Å². The summed E-state index contributed by atoms with van der Waals surface area (Å²) in [6.45, 7) is 4.47. The fraction of sp³-hybridized carbons (Fsp3) is 0.308. The van der Waals surface area contributed by atoms with Crippen LogP contribution in [0.25, 0.3) is 0 Å². The third-order valence-corrected chi connectivity index (χ3v) is 2.65. The molecule has 0 atom stereocenters. The first-order valence-corrected chi connectivity index (χ1v) is 6.06. The van der Waals surface area contributed by atoms with E-state index in [1.807, 2.05) is 0 Å². The molecule has 0 unspecified atom stereocenters. The predicted molar refractivity (Wildman–Crippen MR) is 71.4 cm³/mol. The van der Waals surface area contributed by atoms with Crippen LogP contribution in [0.15, 0.2) is 48.8 Å². The van der Waals surface area contributed by atoms with E-state index >= 15 is 0 Å². The van der Waals surface area contributed by atoms with Crippen LogP contribution in [0, 0.1) is 0 Å². The van der Waals surface area contributed by atoms with Crippen LogP contribution in [0.2, 0.25) is 0 Å². The van der Waals surface area contributed by atoms with Crippen LogP contribution in [0.3, 0.4) is 0 Å². The number of rotatable bonds is 1. The first-order chi connectivity index (χ1) is 8.97. The number of piperazine rings is 1. The lowest BCUT2D eigenvalue weighted by atomic mass is 10.2. The molecule has 1 aromatic heterocycles. The van der Waals surface area contributed by atoms with E-state index in [-0.39, 0.29) is 0 Å². The number of hydrogen-bond donors (Lipinski definition) is 1. The molecule has 2 aromatic rings. The topological polar surface area (TPSA) is 53.9 Å². The fourth-order valence-electron chi connectivity index (χ4n) is 1.77. The van der Waals surface area contributed by atoms with Gasteiger partial charge in [-0.15, -0.1) is 10.2 Å². The standard InChI is InChI=1S/C10H14N2.C3H3N3/c1-2-4-10(5-3-1)12-8-6-11-7-9-12;1-2-4-6-5-3-1/h1-5,11H,6-9H2;1-3H. The highest BCUT2D eigenvalue weighted by Crippen LogP contribution is 2.12. The van der Waals surface area contributed by atoms with Gasteiger partial charge in [-0.05, 0) is 23.4 Å². The van der Waals surface area contributed by atoms with E-state index in [1.165, 1.54) is 5.69 Å². The molecule has 1 aliphatic heterocycles. The van der Waals surface area contributed by atoms with Crippen LogP contribution < -0.4 is 10.2 Å². The molecule has 5 heteroatoms. The minimum Gasteiger partial charge on any atom is -0.369 e. The van der Waals surface area contributed by atoms with Crippen molar-refractivity contribution in [2.24, 2.45) is 0 Å². The summed E-state index contributed by atoms with van der Waals surface area (Å²) in [5.41, 5.74) is 1.35. The molecule has 3 rings (SSSR count). The molecule has 1 saturated heterocycles. The van der Waals surface area contributed by atoms with Crippen LogP contribution in [0.4, 0.5) is 5.69 Å². The Labute approximate surface area is 107 Å². The Hall–Kier alpha value is -2.01. The second-order valence-electron chi connectivity index (χ2n) is 3.88. The van der Waals surface area contributed by atoms with Crippen molar-refractivity contribution in [3.63, 3.8) is 0 Å². The van der Waals surface area contributed by atoms with E-state index in [1.54, 1.807) is 18.5 Å². The molecule has 1 N–H and O–H groups in total. The summed E-state index contributed by atoms with van der Waals surface area (Å²) in [6.07, 6.45) is 3.15. The number of nitrogens with zero attached hydrogens (tertiary/aromatic N) is 4. The summed E-state index contributed by atoms with van der Waals surface area (Å²) in [7, 11) is 0. The van der Waals surface area contributed by atoms with E-state index in [4.69, 9.17) is 0 Å². The van der Waals surface area contributed by atoms with Crippen LogP contribution in [0.1, 0.15) is 0 Å². The third kappa shape index (κ3) is 4.10. The van der Waals surface area contributed by atoms with Gasteiger partial charge in [0, 0.05) is 31.9 Å². The van der Waals surface area contributed by atoms with Gasteiger partial charge < -0.3 is 10.2 Å². The van der Waals surface area contributed by atoms with Crippen molar-refractivity contribution in [2.75, 3.05) is 31.1 Å². The molecule has 0 saturated carbocycles. The maximum Gasteiger partial charge on any atom is 0.0529 e. The van der Waals surface area contributed by atoms with Crippen molar-refractivity contribution in [3.8, 4) is 0 Å². The minimum absolute atomic E-state index is 1.11. The molecular weight excluding hydrogens is 226 g/mol. The summed E-state index contributed by atoms with van der Waals surface area (Å²) >= 11 is 0. The number of benzene rings is 1. The molecule has 0 amide bonds. The number of para-hydroxylation sites is 1. The Balaban J connectivity index is 0.000000169. The Kier molecular flexibility index (Phi) is 5.08. The largest absolute Gasteiger partial charge is 0.369 e. The lowest BCUT2D eigenvalue weighted by Gasteiger charge is -2.29. The maximum atomic E-state index is 3.42. The van der Waals surface area contributed by atoms with Crippen molar-refractivity contribution in [2.45, 2.75) is 0 Å². The van der Waals surface area contributed by atoms with Crippen molar-refractivity contribution in [3.05, 3.63) is 48.8 Å². The smallest absolute Gasteiger partial charge is 0.0529 e. The van der Waals surface area contributed by atoms with Crippen LogP contribution >= 0.6 is 0 Å². The zero-order valence-electron chi connectivity index (χ0n) is 10.2. The van der Waals surface area contributed by atoms with Crippen molar-refractivity contribution in [1.29, 1.82) is 0 Å². The Morgan fingerprint density at radius 2 is 1.56 bits per heavy atom. The molecule has 0 aliphatic carbocycles. The lowest BCUT2D eigenvalue weighted by Crippen LogP contribution is -2.43. The highest BCUT2D eigenvalue weighted by atomic mass is 15.3.